The van der Waals surface area contributed by atoms with Gasteiger partial charge in [-0.15, -0.1) is 11.8 Å². The van der Waals surface area contributed by atoms with Crippen LogP contribution < -0.4 is 5.32 Å². The van der Waals surface area contributed by atoms with Crippen molar-refractivity contribution in [1.29, 1.82) is 0 Å². The van der Waals surface area contributed by atoms with E-state index in [0.717, 1.165) is 21.9 Å². The van der Waals surface area contributed by atoms with Gasteiger partial charge in [-0.1, -0.05) is 36.8 Å². The fraction of sp³-hybridized carbons (Fsp3) is 0.263. The molecule has 0 atom stereocenters. The average Bonchev–Trinajstić information content (AvgIpc) is 2.57. The highest BCUT2D eigenvalue weighted by Crippen LogP contribution is 2.23. The lowest BCUT2D eigenvalue weighted by atomic mass is 10.2. The number of thioether (sulfide) groups is 1. The van der Waals surface area contributed by atoms with E-state index < -0.39 is 0 Å². The molecule has 0 aromatic heterocycles. The highest BCUT2D eigenvalue weighted by Gasteiger charge is 2.17. The average molecular weight is 342 g/mol. The summed E-state index contributed by atoms with van der Waals surface area (Å²) in [5, 5.41) is 2.81. The van der Waals surface area contributed by atoms with Gasteiger partial charge >= 0.3 is 0 Å². The number of nitrogens with zero attached hydrogens (tertiary/aromatic N) is 1. The van der Waals surface area contributed by atoms with E-state index >= 15 is 0 Å². The van der Waals surface area contributed by atoms with Crippen molar-refractivity contribution in [2.45, 2.75) is 18.7 Å². The summed E-state index contributed by atoms with van der Waals surface area (Å²) < 4.78 is 0. The Balaban J connectivity index is 2.00. The second-order valence-electron chi connectivity index (χ2n) is 5.50. The van der Waals surface area contributed by atoms with Crippen molar-refractivity contribution in [2.75, 3.05) is 24.7 Å². The van der Waals surface area contributed by atoms with Crippen LogP contribution in [0.3, 0.4) is 0 Å². The molecule has 0 unspecified atom stereocenters. The van der Waals surface area contributed by atoms with E-state index in [1.807, 2.05) is 56.3 Å². The zero-order chi connectivity index (χ0) is 17.5. The quantitative estimate of drug-likeness (QED) is 0.812. The largest absolute Gasteiger partial charge is 0.332 e. The second kappa shape index (κ2) is 8.55. The number of aryl methyl sites for hydroxylation is 1. The Hall–Kier alpha value is -2.27. The Bertz CT molecular complexity index is 714. The van der Waals surface area contributed by atoms with Crippen LogP contribution in [0.4, 0.5) is 5.69 Å². The smallest absolute Gasteiger partial charge is 0.255 e. The van der Waals surface area contributed by atoms with Crippen molar-refractivity contribution in [3.05, 3.63) is 59.7 Å². The van der Waals surface area contributed by atoms with Gasteiger partial charge in [0.05, 0.1) is 12.1 Å². The fourth-order valence-electron chi connectivity index (χ4n) is 2.25. The maximum Gasteiger partial charge on any atom is 0.255 e. The van der Waals surface area contributed by atoms with E-state index in [9.17, 15) is 9.59 Å². The Labute approximate surface area is 147 Å². The van der Waals surface area contributed by atoms with Gasteiger partial charge in [0.15, 0.2) is 0 Å². The standard InChI is InChI=1S/C19H22N2O2S/c1-4-24-17-8-6-5-7-16(17)19(23)21(3)13-18(22)20-15-11-9-14(2)10-12-15/h5-12H,4,13H2,1-3H3,(H,20,22). The molecule has 0 aliphatic heterocycles. The lowest BCUT2D eigenvalue weighted by Crippen LogP contribution is -2.35. The molecule has 2 aromatic carbocycles. The predicted molar refractivity (Wildman–Crippen MR) is 99.6 cm³/mol. The van der Waals surface area contributed by atoms with Crippen LogP contribution in [-0.4, -0.2) is 36.1 Å². The monoisotopic (exact) mass is 342 g/mol. The zero-order valence-corrected chi connectivity index (χ0v) is 15.0. The minimum atomic E-state index is -0.213. The molecule has 0 radical (unpaired) electrons. The predicted octanol–water partition coefficient (Wildman–Crippen LogP) is 3.82. The molecule has 0 aliphatic carbocycles. The molecule has 5 heteroatoms. The molecule has 0 saturated carbocycles. The Morgan fingerprint density at radius 1 is 1.08 bits per heavy atom. The number of hydrogen-bond acceptors (Lipinski definition) is 3. The molecule has 0 spiro atoms. The summed E-state index contributed by atoms with van der Waals surface area (Å²) in [6.45, 7) is 4.05. The van der Waals surface area contributed by atoms with Crippen molar-refractivity contribution in [1.82, 2.24) is 4.90 Å². The summed E-state index contributed by atoms with van der Waals surface area (Å²) in [5.74, 6) is 0.531. The van der Waals surface area contributed by atoms with Crippen LogP contribution in [0.1, 0.15) is 22.8 Å². The van der Waals surface area contributed by atoms with E-state index in [-0.39, 0.29) is 18.4 Å². The van der Waals surface area contributed by atoms with Crippen LogP contribution in [0.5, 0.6) is 0 Å². The van der Waals surface area contributed by atoms with Gasteiger partial charge in [0.1, 0.15) is 0 Å². The Morgan fingerprint density at radius 2 is 1.75 bits per heavy atom. The molecule has 0 bridgehead atoms. The number of benzene rings is 2. The number of likely N-dealkylation sites (N-methyl/N-ethyl adjacent to an activating group) is 1. The van der Waals surface area contributed by atoms with Crippen LogP contribution >= 0.6 is 11.8 Å². The van der Waals surface area contributed by atoms with Crippen molar-refractivity contribution < 1.29 is 9.59 Å². The number of nitrogens with one attached hydrogen (secondary N) is 1. The van der Waals surface area contributed by atoms with Crippen LogP contribution in [0.2, 0.25) is 0 Å². The summed E-state index contributed by atoms with van der Waals surface area (Å²) in [6.07, 6.45) is 0. The molecular weight excluding hydrogens is 320 g/mol. The van der Waals surface area contributed by atoms with Gasteiger partial charge in [0, 0.05) is 17.6 Å². The van der Waals surface area contributed by atoms with E-state index in [1.54, 1.807) is 24.9 Å². The molecule has 4 nitrogen and oxygen atoms in total. The van der Waals surface area contributed by atoms with E-state index in [0.29, 0.717) is 5.56 Å². The van der Waals surface area contributed by atoms with Crippen molar-refractivity contribution in [2.24, 2.45) is 0 Å². The Morgan fingerprint density at radius 3 is 2.42 bits per heavy atom. The molecule has 0 saturated heterocycles. The van der Waals surface area contributed by atoms with Gasteiger partial charge in [-0.2, -0.15) is 0 Å². The molecule has 2 aromatic rings. The molecule has 2 rings (SSSR count). The second-order valence-corrected chi connectivity index (χ2v) is 6.81. The minimum absolute atomic E-state index is 0.0117. The van der Waals surface area contributed by atoms with Crippen molar-refractivity contribution >= 4 is 29.3 Å². The SMILES string of the molecule is CCSc1ccccc1C(=O)N(C)CC(=O)Nc1ccc(C)cc1. The zero-order valence-electron chi connectivity index (χ0n) is 14.2. The summed E-state index contributed by atoms with van der Waals surface area (Å²) in [5.41, 5.74) is 2.49. The van der Waals surface area contributed by atoms with Gasteiger partial charge in [-0.3, -0.25) is 9.59 Å². The number of rotatable bonds is 6. The minimum Gasteiger partial charge on any atom is -0.332 e. The van der Waals surface area contributed by atoms with Crippen LogP contribution in [-0.2, 0) is 4.79 Å². The van der Waals surface area contributed by atoms with Crippen LogP contribution in [0, 0.1) is 6.92 Å². The van der Waals surface area contributed by atoms with E-state index in [1.165, 1.54) is 4.90 Å². The first kappa shape index (κ1) is 18.1. The van der Waals surface area contributed by atoms with Gasteiger partial charge in [-0.05, 0) is 36.9 Å². The highest BCUT2D eigenvalue weighted by molar-refractivity contribution is 7.99. The van der Waals surface area contributed by atoms with Gasteiger partial charge in [0.2, 0.25) is 5.91 Å². The number of hydrogen-bond donors (Lipinski definition) is 1. The number of amides is 2. The van der Waals surface area contributed by atoms with E-state index in [2.05, 4.69) is 5.32 Å². The van der Waals surface area contributed by atoms with Gasteiger partial charge in [0.25, 0.3) is 5.91 Å². The molecule has 1 N–H and O–H groups in total. The first-order valence-corrected chi connectivity index (χ1v) is 8.83. The molecule has 0 heterocycles. The normalized spacial score (nSPS) is 10.3. The summed E-state index contributed by atoms with van der Waals surface area (Å²) >= 11 is 1.62. The molecule has 2 amide bonds. The summed E-state index contributed by atoms with van der Waals surface area (Å²) in [6, 6.07) is 15.1. The molecule has 0 fully saturated rings. The molecule has 24 heavy (non-hydrogen) atoms. The van der Waals surface area contributed by atoms with Crippen LogP contribution in [0.15, 0.2) is 53.4 Å². The third-order valence-electron chi connectivity index (χ3n) is 3.48. The molecule has 126 valence electrons. The molecule has 0 aliphatic rings. The van der Waals surface area contributed by atoms with Gasteiger partial charge < -0.3 is 10.2 Å². The fourth-order valence-corrected chi connectivity index (χ4v) is 3.05. The highest BCUT2D eigenvalue weighted by atomic mass is 32.2. The first-order valence-electron chi connectivity index (χ1n) is 7.85. The molecular formula is C19H22N2O2S. The van der Waals surface area contributed by atoms with Crippen LogP contribution in [0.25, 0.3) is 0 Å². The van der Waals surface area contributed by atoms with Gasteiger partial charge in [-0.25, -0.2) is 0 Å². The maximum absolute atomic E-state index is 12.6. The lowest BCUT2D eigenvalue weighted by molar-refractivity contribution is -0.116. The number of carbonyl (C=O) groups excluding carboxylic acids is 2. The lowest BCUT2D eigenvalue weighted by Gasteiger charge is -2.18. The third kappa shape index (κ3) is 4.86. The first-order chi connectivity index (χ1) is 11.5. The van der Waals surface area contributed by atoms with Crippen molar-refractivity contribution in [3.8, 4) is 0 Å². The third-order valence-corrected chi connectivity index (χ3v) is 4.44. The summed E-state index contributed by atoms with van der Waals surface area (Å²) in [7, 11) is 1.64. The maximum atomic E-state index is 12.6. The van der Waals surface area contributed by atoms with E-state index in [4.69, 9.17) is 0 Å². The number of anilines is 1. The topological polar surface area (TPSA) is 49.4 Å². The number of carbonyl (C=O) groups is 2. The summed E-state index contributed by atoms with van der Waals surface area (Å²) in [4.78, 5) is 27.1. The van der Waals surface area contributed by atoms with Crippen molar-refractivity contribution in [3.63, 3.8) is 0 Å². The Kier molecular flexibility index (Phi) is 6.44.